The molecule has 8 heteroatoms. The van der Waals surface area contributed by atoms with Crippen molar-refractivity contribution in [1.29, 1.82) is 0 Å². The van der Waals surface area contributed by atoms with Crippen molar-refractivity contribution in [3.05, 3.63) is 64.8 Å². The van der Waals surface area contributed by atoms with Gasteiger partial charge in [0.2, 0.25) is 0 Å². The Morgan fingerprint density at radius 1 is 1.19 bits per heavy atom. The smallest absolute Gasteiger partial charge is 0.289 e. The predicted octanol–water partition coefficient (Wildman–Crippen LogP) is 3.51. The molecule has 0 spiro atoms. The molecule has 2 N–H and O–H groups in total. The molecule has 27 heavy (non-hydrogen) atoms. The number of rotatable bonds is 6. The van der Waals surface area contributed by atoms with Gasteiger partial charge < -0.3 is 9.47 Å². The molecule has 0 radical (unpaired) electrons. The summed E-state index contributed by atoms with van der Waals surface area (Å²) in [4.78, 5) is 12.2. The van der Waals surface area contributed by atoms with Crippen LogP contribution in [0.3, 0.4) is 0 Å². The van der Waals surface area contributed by atoms with E-state index >= 15 is 0 Å². The van der Waals surface area contributed by atoms with E-state index in [1.54, 1.807) is 43.5 Å². The van der Waals surface area contributed by atoms with E-state index in [0.29, 0.717) is 27.8 Å². The Kier molecular flexibility index (Phi) is 5.73. The third-order valence-electron chi connectivity index (χ3n) is 3.77. The van der Waals surface area contributed by atoms with Crippen LogP contribution in [0.2, 0.25) is 5.02 Å². The third-order valence-corrected chi connectivity index (χ3v) is 4.02. The van der Waals surface area contributed by atoms with Gasteiger partial charge in [-0.3, -0.25) is 9.89 Å². The van der Waals surface area contributed by atoms with Crippen LogP contribution in [0.25, 0.3) is 11.3 Å². The summed E-state index contributed by atoms with van der Waals surface area (Å²) in [6.07, 6.45) is 1.48. The number of carbonyl (C=O) groups excluding carboxylic acids is 1. The number of aromatic amines is 1. The van der Waals surface area contributed by atoms with Crippen molar-refractivity contribution in [3.8, 4) is 22.8 Å². The van der Waals surface area contributed by atoms with Crippen molar-refractivity contribution in [2.75, 3.05) is 14.2 Å². The molecular weight excluding hydrogens is 368 g/mol. The lowest BCUT2D eigenvalue weighted by Gasteiger charge is -2.09. The first kappa shape index (κ1) is 18.5. The summed E-state index contributed by atoms with van der Waals surface area (Å²) in [5.41, 5.74) is 4.89. The standard InChI is InChI=1S/C19H17ClN4O3/c1-26-17-5-3-4-13(18(17)27-2)11-21-24-19(25)16-10-15(22-23-16)12-6-8-14(20)9-7-12/h3-11H,1-2H3,(H,22,23)(H,24,25)/b21-11-. The number of benzene rings is 2. The molecule has 0 aliphatic carbocycles. The number of carbonyl (C=O) groups is 1. The van der Waals surface area contributed by atoms with Gasteiger partial charge in [-0.2, -0.15) is 10.2 Å². The number of halogens is 1. The lowest BCUT2D eigenvalue weighted by atomic mass is 10.1. The van der Waals surface area contributed by atoms with Crippen LogP contribution in [-0.2, 0) is 0 Å². The number of hydrazone groups is 1. The first-order valence-corrected chi connectivity index (χ1v) is 8.36. The van der Waals surface area contributed by atoms with Crippen LogP contribution in [-0.4, -0.2) is 36.5 Å². The molecule has 0 bridgehead atoms. The number of H-pyrrole nitrogens is 1. The fourth-order valence-electron chi connectivity index (χ4n) is 2.44. The maximum atomic E-state index is 12.2. The Morgan fingerprint density at radius 2 is 1.96 bits per heavy atom. The van der Waals surface area contributed by atoms with E-state index in [1.165, 1.54) is 13.3 Å². The molecule has 0 aliphatic rings. The minimum Gasteiger partial charge on any atom is -0.493 e. The second kappa shape index (κ2) is 8.37. The van der Waals surface area contributed by atoms with Crippen LogP contribution in [0, 0.1) is 0 Å². The lowest BCUT2D eigenvalue weighted by Crippen LogP contribution is -2.18. The average molecular weight is 385 g/mol. The normalized spacial score (nSPS) is 10.8. The number of ether oxygens (including phenoxy) is 2. The summed E-state index contributed by atoms with van der Waals surface area (Å²) in [6.45, 7) is 0. The molecule has 1 amide bonds. The summed E-state index contributed by atoms with van der Waals surface area (Å²) >= 11 is 5.88. The van der Waals surface area contributed by atoms with Gasteiger partial charge in [0.15, 0.2) is 11.5 Å². The van der Waals surface area contributed by atoms with Crippen molar-refractivity contribution in [2.45, 2.75) is 0 Å². The molecule has 0 atom stereocenters. The average Bonchev–Trinajstić information content (AvgIpc) is 3.18. The Bertz CT molecular complexity index is 967. The second-order valence-corrected chi connectivity index (χ2v) is 5.89. The third kappa shape index (κ3) is 4.27. The zero-order valence-corrected chi connectivity index (χ0v) is 15.4. The first-order valence-electron chi connectivity index (χ1n) is 7.98. The predicted molar refractivity (Wildman–Crippen MR) is 104 cm³/mol. The Labute approximate surface area is 161 Å². The number of aromatic nitrogens is 2. The second-order valence-electron chi connectivity index (χ2n) is 5.46. The Balaban J connectivity index is 1.70. The molecule has 3 rings (SSSR count). The van der Waals surface area contributed by atoms with Gasteiger partial charge in [-0.15, -0.1) is 0 Å². The SMILES string of the molecule is COc1cccc(/C=N\NC(=O)c2cc(-c3ccc(Cl)cc3)n[nH]2)c1OC. The number of hydrogen-bond donors (Lipinski definition) is 2. The molecule has 0 fully saturated rings. The van der Waals surface area contributed by atoms with E-state index < -0.39 is 5.91 Å². The zero-order valence-electron chi connectivity index (χ0n) is 14.7. The summed E-state index contributed by atoms with van der Waals surface area (Å²) in [5, 5.41) is 11.4. The van der Waals surface area contributed by atoms with Crippen LogP contribution in [0.15, 0.2) is 53.6 Å². The van der Waals surface area contributed by atoms with Crippen LogP contribution >= 0.6 is 11.6 Å². The summed E-state index contributed by atoms with van der Waals surface area (Å²) < 4.78 is 10.5. The van der Waals surface area contributed by atoms with Crippen LogP contribution in [0.5, 0.6) is 11.5 Å². The van der Waals surface area contributed by atoms with Gasteiger partial charge >= 0.3 is 0 Å². The van der Waals surface area contributed by atoms with E-state index in [9.17, 15) is 4.79 Å². The fourth-order valence-corrected chi connectivity index (χ4v) is 2.57. The zero-order chi connectivity index (χ0) is 19.2. The Hall–Kier alpha value is -3.32. The molecule has 1 aromatic heterocycles. The molecule has 2 aromatic carbocycles. The van der Waals surface area contributed by atoms with Gasteiger partial charge in [0.1, 0.15) is 5.69 Å². The number of hydrogen-bond acceptors (Lipinski definition) is 5. The quantitative estimate of drug-likeness (QED) is 0.502. The molecule has 1 heterocycles. The molecular formula is C19H17ClN4O3. The summed E-state index contributed by atoms with van der Waals surface area (Å²) in [6, 6.07) is 14.2. The highest BCUT2D eigenvalue weighted by atomic mass is 35.5. The highest BCUT2D eigenvalue weighted by molar-refractivity contribution is 6.30. The summed E-state index contributed by atoms with van der Waals surface area (Å²) in [5.74, 6) is 0.694. The molecule has 0 saturated heterocycles. The highest BCUT2D eigenvalue weighted by Crippen LogP contribution is 2.29. The van der Waals surface area contributed by atoms with E-state index in [4.69, 9.17) is 21.1 Å². The maximum absolute atomic E-state index is 12.2. The molecule has 0 saturated carbocycles. The largest absolute Gasteiger partial charge is 0.493 e. The number of para-hydroxylation sites is 1. The van der Waals surface area contributed by atoms with E-state index in [0.717, 1.165) is 5.56 Å². The number of nitrogens with zero attached hydrogens (tertiary/aromatic N) is 2. The van der Waals surface area contributed by atoms with E-state index in [1.807, 2.05) is 12.1 Å². The van der Waals surface area contributed by atoms with E-state index in [2.05, 4.69) is 20.7 Å². The first-order chi connectivity index (χ1) is 13.1. The molecule has 0 unspecified atom stereocenters. The highest BCUT2D eigenvalue weighted by Gasteiger charge is 2.11. The number of nitrogens with one attached hydrogen (secondary N) is 2. The van der Waals surface area contributed by atoms with Gasteiger partial charge in [0, 0.05) is 16.1 Å². The fraction of sp³-hybridized carbons (Fsp3) is 0.105. The topological polar surface area (TPSA) is 88.6 Å². The van der Waals surface area contributed by atoms with Crippen LogP contribution in [0.4, 0.5) is 0 Å². The van der Waals surface area contributed by atoms with Gasteiger partial charge in [0.25, 0.3) is 5.91 Å². The van der Waals surface area contributed by atoms with Gasteiger partial charge in [0.05, 0.1) is 26.1 Å². The van der Waals surface area contributed by atoms with Gasteiger partial charge in [-0.25, -0.2) is 5.43 Å². The molecule has 3 aromatic rings. The molecule has 7 nitrogen and oxygen atoms in total. The number of methoxy groups -OCH3 is 2. The van der Waals surface area contributed by atoms with Crippen molar-refractivity contribution >= 4 is 23.7 Å². The maximum Gasteiger partial charge on any atom is 0.289 e. The van der Waals surface area contributed by atoms with Crippen LogP contribution < -0.4 is 14.9 Å². The van der Waals surface area contributed by atoms with Gasteiger partial charge in [-0.05, 0) is 30.3 Å². The Morgan fingerprint density at radius 3 is 2.67 bits per heavy atom. The van der Waals surface area contributed by atoms with Crippen molar-refractivity contribution in [3.63, 3.8) is 0 Å². The van der Waals surface area contributed by atoms with Crippen molar-refractivity contribution in [2.24, 2.45) is 5.10 Å². The molecule has 138 valence electrons. The minimum absolute atomic E-state index is 0.287. The molecule has 0 aliphatic heterocycles. The van der Waals surface area contributed by atoms with E-state index in [-0.39, 0.29) is 5.69 Å². The summed E-state index contributed by atoms with van der Waals surface area (Å²) in [7, 11) is 3.09. The van der Waals surface area contributed by atoms with Crippen LogP contribution in [0.1, 0.15) is 16.1 Å². The monoisotopic (exact) mass is 384 g/mol. The minimum atomic E-state index is -0.416. The lowest BCUT2D eigenvalue weighted by molar-refractivity contribution is 0.0950. The van der Waals surface area contributed by atoms with Gasteiger partial charge in [-0.1, -0.05) is 29.8 Å². The van der Waals surface area contributed by atoms with Crippen molar-refractivity contribution in [1.82, 2.24) is 15.6 Å². The van der Waals surface area contributed by atoms with Crippen molar-refractivity contribution < 1.29 is 14.3 Å². The number of amides is 1.